The van der Waals surface area contributed by atoms with Crippen LogP contribution in [0, 0.1) is 0 Å². The molecule has 0 aliphatic heterocycles. The molecule has 0 aromatic carbocycles. The molecule has 1 rings (SSSR count). The van der Waals surface area contributed by atoms with Crippen molar-refractivity contribution < 1.29 is 10.2 Å². The fourth-order valence-corrected chi connectivity index (χ4v) is 1.72. The fourth-order valence-electron chi connectivity index (χ4n) is 0.906. The second-order valence-corrected chi connectivity index (χ2v) is 4.38. The predicted molar refractivity (Wildman–Crippen MR) is 55.0 cm³/mol. The van der Waals surface area contributed by atoms with Crippen molar-refractivity contribution in [1.29, 1.82) is 0 Å². The van der Waals surface area contributed by atoms with Crippen molar-refractivity contribution in [3.63, 3.8) is 0 Å². The van der Waals surface area contributed by atoms with Crippen molar-refractivity contribution in [1.82, 2.24) is 9.97 Å². The van der Waals surface area contributed by atoms with E-state index in [0.717, 1.165) is 6.42 Å². The molecule has 5 heteroatoms. The van der Waals surface area contributed by atoms with Gasteiger partial charge in [0.15, 0.2) is 5.16 Å². The van der Waals surface area contributed by atoms with Gasteiger partial charge in [-0.3, -0.25) is 0 Å². The lowest BCUT2D eigenvalue weighted by molar-refractivity contribution is 0.280. The maximum absolute atomic E-state index is 8.77. The molecular formula is C9H14N2O2S. The van der Waals surface area contributed by atoms with Crippen LogP contribution in [0.3, 0.4) is 0 Å². The third-order valence-corrected chi connectivity index (χ3v) is 2.77. The molecule has 0 saturated carbocycles. The van der Waals surface area contributed by atoms with E-state index in [4.69, 9.17) is 10.2 Å². The summed E-state index contributed by atoms with van der Waals surface area (Å²) in [6, 6.07) is 0. The number of aliphatic hydroxyl groups is 2. The molecule has 4 nitrogen and oxygen atoms in total. The van der Waals surface area contributed by atoms with Crippen molar-refractivity contribution in [3.8, 4) is 0 Å². The van der Waals surface area contributed by atoms with E-state index in [2.05, 4.69) is 9.97 Å². The summed E-state index contributed by atoms with van der Waals surface area (Å²) in [5.74, 6) is 0. The maximum Gasteiger partial charge on any atom is 0.187 e. The van der Waals surface area contributed by atoms with Crippen molar-refractivity contribution in [2.24, 2.45) is 0 Å². The van der Waals surface area contributed by atoms with Gasteiger partial charge >= 0.3 is 0 Å². The molecule has 1 aromatic rings. The zero-order valence-corrected chi connectivity index (χ0v) is 8.87. The summed E-state index contributed by atoms with van der Waals surface area (Å²) in [5.41, 5.74) is 0.712. The number of hydrogen-bond donors (Lipinski definition) is 2. The number of aliphatic hydroxyl groups excluding tert-OH is 2. The first kappa shape index (κ1) is 11.4. The minimum absolute atomic E-state index is 0.0306. The zero-order chi connectivity index (χ0) is 10.4. The van der Waals surface area contributed by atoms with Crippen LogP contribution in [0.15, 0.2) is 17.6 Å². The van der Waals surface area contributed by atoms with E-state index < -0.39 is 0 Å². The van der Waals surface area contributed by atoms with Gasteiger partial charge in [0.05, 0.1) is 6.61 Å². The summed E-state index contributed by atoms with van der Waals surface area (Å²) < 4.78 is 0. The summed E-state index contributed by atoms with van der Waals surface area (Å²) in [5, 5.41) is 18.5. The lowest BCUT2D eigenvalue weighted by Crippen LogP contribution is -2.01. The van der Waals surface area contributed by atoms with Crippen LogP contribution >= 0.6 is 11.8 Å². The maximum atomic E-state index is 8.77. The van der Waals surface area contributed by atoms with Gasteiger partial charge < -0.3 is 10.2 Å². The van der Waals surface area contributed by atoms with Crippen LogP contribution in [0.1, 0.15) is 18.9 Å². The second-order valence-electron chi connectivity index (χ2n) is 2.97. The lowest BCUT2D eigenvalue weighted by atomic mass is 10.3. The third kappa shape index (κ3) is 3.61. The predicted octanol–water partition coefficient (Wildman–Crippen LogP) is 0.832. The second kappa shape index (κ2) is 5.95. The van der Waals surface area contributed by atoms with Crippen LogP contribution in [0.5, 0.6) is 0 Å². The first-order valence-corrected chi connectivity index (χ1v) is 5.33. The molecule has 1 unspecified atom stereocenters. The molecule has 0 aliphatic rings. The molecule has 0 spiro atoms. The molecule has 1 heterocycles. The van der Waals surface area contributed by atoms with E-state index >= 15 is 0 Å². The lowest BCUT2D eigenvalue weighted by Gasteiger charge is -2.07. The van der Waals surface area contributed by atoms with Crippen molar-refractivity contribution in [2.75, 3.05) is 6.61 Å². The highest BCUT2D eigenvalue weighted by Crippen LogP contribution is 2.20. The van der Waals surface area contributed by atoms with Gasteiger partial charge in [0.2, 0.25) is 0 Å². The summed E-state index contributed by atoms with van der Waals surface area (Å²) in [6.07, 6.45) is 3.96. The van der Waals surface area contributed by atoms with E-state index in [1.165, 1.54) is 11.8 Å². The Morgan fingerprint density at radius 1 is 1.36 bits per heavy atom. The fraction of sp³-hybridized carbons (Fsp3) is 0.556. The standard InChI is InChI=1S/C9H14N2O2S/c1-7(2-3-12)14-9-10-4-8(6-13)5-11-9/h4-5,7,12-13H,2-3,6H2,1H3. The van der Waals surface area contributed by atoms with E-state index in [1.807, 2.05) is 6.92 Å². The minimum atomic E-state index is -0.0306. The number of thioether (sulfide) groups is 1. The average molecular weight is 214 g/mol. The van der Waals surface area contributed by atoms with Crippen LogP contribution in [0.2, 0.25) is 0 Å². The topological polar surface area (TPSA) is 66.2 Å². The highest BCUT2D eigenvalue weighted by atomic mass is 32.2. The van der Waals surface area contributed by atoms with Crippen LogP contribution in [0.4, 0.5) is 0 Å². The third-order valence-electron chi connectivity index (χ3n) is 1.71. The monoisotopic (exact) mass is 214 g/mol. The first-order chi connectivity index (χ1) is 6.76. The van der Waals surface area contributed by atoms with Crippen molar-refractivity contribution >= 4 is 11.8 Å². The summed E-state index contributed by atoms with van der Waals surface area (Å²) in [6.45, 7) is 2.17. The van der Waals surface area contributed by atoms with Gasteiger partial charge in [-0.1, -0.05) is 18.7 Å². The molecule has 0 amide bonds. The largest absolute Gasteiger partial charge is 0.396 e. The summed E-state index contributed by atoms with van der Waals surface area (Å²) in [4.78, 5) is 8.16. The van der Waals surface area contributed by atoms with Gasteiger partial charge in [0.25, 0.3) is 0 Å². The first-order valence-electron chi connectivity index (χ1n) is 4.45. The average Bonchev–Trinajstić information content (AvgIpc) is 2.19. The SMILES string of the molecule is CC(CCO)Sc1ncc(CO)cn1. The highest BCUT2D eigenvalue weighted by Gasteiger charge is 2.05. The number of nitrogens with zero attached hydrogens (tertiary/aromatic N) is 2. The van der Waals surface area contributed by atoms with Gasteiger partial charge in [-0.2, -0.15) is 0 Å². The summed E-state index contributed by atoms with van der Waals surface area (Å²) in [7, 11) is 0. The molecule has 78 valence electrons. The van der Waals surface area contributed by atoms with E-state index in [1.54, 1.807) is 12.4 Å². The Labute approximate surface area is 87.4 Å². The van der Waals surface area contributed by atoms with Crippen molar-refractivity contribution in [3.05, 3.63) is 18.0 Å². The Morgan fingerprint density at radius 2 is 2.00 bits per heavy atom. The summed E-state index contributed by atoms with van der Waals surface area (Å²) >= 11 is 1.52. The molecule has 0 fully saturated rings. The van der Waals surface area contributed by atoms with Crippen LogP contribution in [-0.2, 0) is 6.61 Å². The van der Waals surface area contributed by atoms with Crippen LogP contribution in [0.25, 0.3) is 0 Å². The molecular weight excluding hydrogens is 200 g/mol. The van der Waals surface area contributed by atoms with Gasteiger partial charge in [-0.15, -0.1) is 0 Å². The van der Waals surface area contributed by atoms with Crippen LogP contribution in [-0.4, -0.2) is 32.0 Å². The highest BCUT2D eigenvalue weighted by molar-refractivity contribution is 7.99. The molecule has 0 bridgehead atoms. The van der Waals surface area contributed by atoms with Crippen molar-refractivity contribution in [2.45, 2.75) is 30.4 Å². The van der Waals surface area contributed by atoms with Gasteiger partial charge in [-0.25, -0.2) is 9.97 Å². The van der Waals surface area contributed by atoms with Crippen LogP contribution < -0.4 is 0 Å². The molecule has 14 heavy (non-hydrogen) atoms. The molecule has 2 N–H and O–H groups in total. The molecule has 0 radical (unpaired) electrons. The molecule has 1 atom stereocenters. The normalized spacial score (nSPS) is 12.8. The van der Waals surface area contributed by atoms with Gasteiger partial charge in [-0.05, 0) is 6.42 Å². The van der Waals surface area contributed by atoms with E-state index in [9.17, 15) is 0 Å². The van der Waals surface area contributed by atoms with E-state index in [0.29, 0.717) is 16.0 Å². The molecule has 0 aliphatic carbocycles. The zero-order valence-electron chi connectivity index (χ0n) is 8.05. The Kier molecular flexibility index (Phi) is 4.86. The van der Waals surface area contributed by atoms with Gasteiger partial charge in [0, 0.05) is 29.8 Å². The number of aromatic nitrogens is 2. The Morgan fingerprint density at radius 3 is 2.50 bits per heavy atom. The Bertz CT molecular complexity index is 266. The number of rotatable bonds is 5. The number of hydrogen-bond acceptors (Lipinski definition) is 5. The Hall–Kier alpha value is -0.650. The van der Waals surface area contributed by atoms with E-state index in [-0.39, 0.29) is 13.2 Å². The molecule has 0 saturated heterocycles. The molecule has 1 aromatic heterocycles. The minimum Gasteiger partial charge on any atom is -0.396 e. The van der Waals surface area contributed by atoms with Gasteiger partial charge in [0.1, 0.15) is 0 Å². The smallest absolute Gasteiger partial charge is 0.187 e. The quantitative estimate of drug-likeness (QED) is 0.561. The Balaban J connectivity index is 2.50.